The van der Waals surface area contributed by atoms with Crippen molar-refractivity contribution in [2.45, 2.75) is 0 Å². The summed E-state index contributed by atoms with van der Waals surface area (Å²) in [6, 6.07) is 13.8. The van der Waals surface area contributed by atoms with Gasteiger partial charge >= 0.3 is 0 Å². The summed E-state index contributed by atoms with van der Waals surface area (Å²) in [5.41, 5.74) is 4.21. The number of fused-ring (bicyclic) bond motifs is 1. The van der Waals surface area contributed by atoms with E-state index in [1.165, 1.54) is 12.1 Å². The molecule has 0 spiro atoms. The SMILES string of the molecule is CNCC(=O)Nc1ccc2c(-c3ccncc3)c(-c3ccc(F)cc3)[nH]c2n1. The van der Waals surface area contributed by atoms with Crippen LogP contribution in [0, 0.1) is 5.82 Å². The van der Waals surface area contributed by atoms with Gasteiger partial charge in [-0.2, -0.15) is 0 Å². The van der Waals surface area contributed by atoms with E-state index in [0.717, 1.165) is 27.8 Å². The van der Waals surface area contributed by atoms with Gasteiger partial charge in [0.05, 0.1) is 12.2 Å². The monoisotopic (exact) mass is 375 g/mol. The highest BCUT2D eigenvalue weighted by Gasteiger charge is 2.17. The van der Waals surface area contributed by atoms with E-state index >= 15 is 0 Å². The maximum Gasteiger partial charge on any atom is 0.239 e. The standard InChI is InChI=1S/C21H18FN5O/c1-23-12-18(28)25-17-7-6-16-19(13-8-10-24-11-9-13)20(27-21(16)26-17)14-2-4-15(22)5-3-14/h2-11,23H,12H2,1H3,(H2,25,26,27,28). The molecule has 0 atom stereocenters. The fraction of sp³-hybridized carbons (Fsp3) is 0.0952. The first kappa shape index (κ1) is 17.8. The van der Waals surface area contributed by atoms with Crippen LogP contribution in [0.2, 0.25) is 0 Å². The Kier molecular flexibility index (Phi) is 4.82. The number of hydrogen-bond donors (Lipinski definition) is 3. The van der Waals surface area contributed by atoms with Gasteiger partial charge in [-0.05, 0) is 66.7 Å². The third kappa shape index (κ3) is 3.47. The van der Waals surface area contributed by atoms with Crippen molar-refractivity contribution in [1.82, 2.24) is 20.3 Å². The molecule has 0 saturated carbocycles. The van der Waals surface area contributed by atoms with Crippen molar-refractivity contribution in [1.29, 1.82) is 0 Å². The largest absolute Gasteiger partial charge is 0.339 e. The molecule has 0 aliphatic carbocycles. The van der Waals surface area contributed by atoms with Crippen molar-refractivity contribution < 1.29 is 9.18 Å². The second kappa shape index (κ2) is 7.58. The molecule has 7 heteroatoms. The molecule has 3 heterocycles. The Morgan fingerprint density at radius 1 is 1.04 bits per heavy atom. The van der Waals surface area contributed by atoms with Gasteiger partial charge < -0.3 is 15.6 Å². The smallest absolute Gasteiger partial charge is 0.239 e. The number of aromatic nitrogens is 3. The number of carbonyl (C=O) groups is 1. The van der Waals surface area contributed by atoms with Crippen molar-refractivity contribution in [2.24, 2.45) is 0 Å². The van der Waals surface area contributed by atoms with E-state index in [2.05, 4.69) is 25.6 Å². The summed E-state index contributed by atoms with van der Waals surface area (Å²) in [7, 11) is 1.71. The van der Waals surface area contributed by atoms with Gasteiger partial charge in [0, 0.05) is 23.3 Å². The van der Waals surface area contributed by atoms with Crippen LogP contribution in [-0.4, -0.2) is 34.5 Å². The quantitative estimate of drug-likeness (QED) is 0.498. The van der Waals surface area contributed by atoms with Crippen molar-refractivity contribution in [3.8, 4) is 22.4 Å². The number of halogens is 1. The second-order valence-corrected chi connectivity index (χ2v) is 6.29. The normalized spacial score (nSPS) is 10.9. The van der Waals surface area contributed by atoms with Gasteiger partial charge in [-0.25, -0.2) is 9.37 Å². The van der Waals surface area contributed by atoms with Crippen LogP contribution in [0.4, 0.5) is 10.2 Å². The average Bonchev–Trinajstić information content (AvgIpc) is 3.08. The van der Waals surface area contributed by atoms with Gasteiger partial charge in [0.25, 0.3) is 0 Å². The van der Waals surface area contributed by atoms with Gasteiger partial charge in [-0.3, -0.25) is 9.78 Å². The van der Waals surface area contributed by atoms with Gasteiger partial charge in [0.1, 0.15) is 17.3 Å². The summed E-state index contributed by atoms with van der Waals surface area (Å²) in [5, 5.41) is 6.46. The molecule has 0 bridgehead atoms. The molecule has 0 radical (unpaired) electrons. The molecule has 0 fully saturated rings. The minimum Gasteiger partial charge on any atom is -0.339 e. The van der Waals surface area contributed by atoms with Gasteiger partial charge in [-0.1, -0.05) is 0 Å². The zero-order chi connectivity index (χ0) is 19.5. The number of amides is 1. The lowest BCUT2D eigenvalue weighted by Gasteiger charge is -2.06. The fourth-order valence-electron chi connectivity index (χ4n) is 3.14. The van der Waals surface area contributed by atoms with Gasteiger partial charge in [-0.15, -0.1) is 0 Å². The van der Waals surface area contributed by atoms with Crippen LogP contribution in [0.15, 0.2) is 60.9 Å². The lowest BCUT2D eigenvalue weighted by Crippen LogP contribution is -2.25. The van der Waals surface area contributed by atoms with Crippen molar-refractivity contribution in [2.75, 3.05) is 18.9 Å². The predicted molar refractivity (Wildman–Crippen MR) is 107 cm³/mol. The molecule has 28 heavy (non-hydrogen) atoms. The maximum absolute atomic E-state index is 13.4. The number of likely N-dealkylation sites (N-methyl/N-ethyl adjacent to an activating group) is 1. The first-order chi connectivity index (χ1) is 13.7. The molecule has 1 amide bonds. The van der Waals surface area contributed by atoms with Gasteiger partial charge in [0.15, 0.2) is 0 Å². The third-order valence-corrected chi connectivity index (χ3v) is 4.36. The molecule has 0 unspecified atom stereocenters. The van der Waals surface area contributed by atoms with Crippen LogP contribution in [-0.2, 0) is 4.79 Å². The Morgan fingerprint density at radius 3 is 2.50 bits per heavy atom. The highest BCUT2D eigenvalue weighted by molar-refractivity contribution is 6.03. The lowest BCUT2D eigenvalue weighted by molar-refractivity contribution is -0.115. The average molecular weight is 375 g/mol. The van der Waals surface area contributed by atoms with Crippen LogP contribution in [0.25, 0.3) is 33.4 Å². The van der Waals surface area contributed by atoms with Crippen LogP contribution >= 0.6 is 0 Å². The number of hydrogen-bond acceptors (Lipinski definition) is 4. The highest BCUT2D eigenvalue weighted by atomic mass is 19.1. The lowest BCUT2D eigenvalue weighted by atomic mass is 10.00. The molecule has 0 aliphatic heterocycles. The Hall–Kier alpha value is -3.58. The zero-order valence-electron chi connectivity index (χ0n) is 15.2. The number of benzene rings is 1. The molecule has 4 aromatic rings. The molecule has 1 aromatic carbocycles. The second-order valence-electron chi connectivity index (χ2n) is 6.29. The molecule has 0 saturated heterocycles. The number of nitrogens with zero attached hydrogens (tertiary/aromatic N) is 2. The molecular formula is C21H18FN5O. The Labute approximate surface area is 160 Å². The first-order valence-electron chi connectivity index (χ1n) is 8.79. The summed E-state index contributed by atoms with van der Waals surface area (Å²) in [5.74, 6) is -0.00654. The van der Waals surface area contributed by atoms with Crippen LogP contribution in [0.1, 0.15) is 0 Å². The minimum atomic E-state index is -0.294. The Bertz CT molecular complexity index is 1120. The van der Waals surface area contributed by atoms with E-state index in [9.17, 15) is 9.18 Å². The summed E-state index contributed by atoms with van der Waals surface area (Å²) >= 11 is 0. The molecule has 3 N–H and O–H groups in total. The molecular weight excluding hydrogens is 357 g/mol. The summed E-state index contributed by atoms with van der Waals surface area (Å²) in [6.45, 7) is 0.202. The third-order valence-electron chi connectivity index (χ3n) is 4.36. The van der Waals surface area contributed by atoms with Crippen LogP contribution in [0.3, 0.4) is 0 Å². The maximum atomic E-state index is 13.4. The van der Waals surface area contributed by atoms with Crippen LogP contribution < -0.4 is 10.6 Å². The topological polar surface area (TPSA) is 82.7 Å². The van der Waals surface area contributed by atoms with Gasteiger partial charge in [0.2, 0.25) is 5.91 Å². The predicted octanol–water partition coefficient (Wildman–Crippen LogP) is 3.59. The first-order valence-corrected chi connectivity index (χ1v) is 8.79. The van der Waals surface area contributed by atoms with E-state index < -0.39 is 0 Å². The number of rotatable bonds is 5. The number of H-pyrrole nitrogens is 1. The van der Waals surface area contributed by atoms with Crippen molar-refractivity contribution >= 4 is 22.8 Å². The summed E-state index contributed by atoms with van der Waals surface area (Å²) < 4.78 is 13.4. The van der Waals surface area contributed by atoms with E-state index in [0.29, 0.717) is 11.5 Å². The minimum absolute atomic E-state index is 0.172. The number of nitrogens with one attached hydrogen (secondary N) is 3. The molecule has 3 aromatic heterocycles. The Balaban J connectivity index is 1.86. The number of pyridine rings is 2. The fourth-order valence-corrected chi connectivity index (χ4v) is 3.14. The Morgan fingerprint density at radius 2 is 1.79 bits per heavy atom. The van der Waals surface area contributed by atoms with E-state index in [1.54, 1.807) is 37.6 Å². The van der Waals surface area contributed by atoms with Crippen LogP contribution in [0.5, 0.6) is 0 Å². The summed E-state index contributed by atoms with van der Waals surface area (Å²) in [4.78, 5) is 23.8. The number of aromatic amines is 1. The van der Waals surface area contributed by atoms with E-state index in [-0.39, 0.29) is 18.3 Å². The molecule has 140 valence electrons. The molecule has 6 nitrogen and oxygen atoms in total. The van der Waals surface area contributed by atoms with Crippen molar-refractivity contribution in [3.63, 3.8) is 0 Å². The molecule has 0 aliphatic rings. The molecule has 4 rings (SSSR count). The van der Waals surface area contributed by atoms with Crippen molar-refractivity contribution in [3.05, 3.63) is 66.7 Å². The van der Waals surface area contributed by atoms with E-state index in [4.69, 9.17) is 0 Å². The zero-order valence-corrected chi connectivity index (χ0v) is 15.2. The number of anilines is 1. The van der Waals surface area contributed by atoms with E-state index in [1.807, 2.05) is 18.2 Å². The summed E-state index contributed by atoms with van der Waals surface area (Å²) in [6.07, 6.45) is 3.45. The number of carbonyl (C=O) groups excluding carboxylic acids is 1. The highest BCUT2D eigenvalue weighted by Crippen LogP contribution is 2.37.